The first-order chi connectivity index (χ1) is 11.5. The molecule has 0 N–H and O–H groups in total. The van der Waals surface area contributed by atoms with Crippen molar-refractivity contribution in [3.05, 3.63) is 36.5 Å². The molecule has 1 fully saturated rings. The molecular weight excluding hydrogens is 328 g/mol. The zero-order valence-electron chi connectivity index (χ0n) is 13.5. The fraction of sp³-hybridized carbons (Fsp3) is 0.412. The molecule has 0 radical (unpaired) electrons. The van der Waals surface area contributed by atoms with E-state index < -0.39 is 10.0 Å². The van der Waals surface area contributed by atoms with Crippen LogP contribution in [0.1, 0.15) is 19.8 Å². The molecule has 1 aliphatic rings. The van der Waals surface area contributed by atoms with Crippen LogP contribution >= 0.6 is 0 Å². The average molecular weight is 348 g/mol. The summed E-state index contributed by atoms with van der Waals surface area (Å²) < 4.78 is 32.4. The van der Waals surface area contributed by atoms with Crippen molar-refractivity contribution in [1.82, 2.24) is 9.29 Å². The van der Waals surface area contributed by atoms with Gasteiger partial charge in [0.1, 0.15) is 4.90 Å². The molecule has 7 heteroatoms. The zero-order valence-corrected chi connectivity index (χ0v) is 14.3. The lowest BCUT2D eigenvalue weighted by Gasteiger charge is -2.30. The summed E-state index contributed by atoms with van der Waals surface area (Å²) in [4.78, 5) is 16.2. The van der Waals surface area contributed by atoms with Crippen LogP contribution in [-0.4, -0.2) is 43.4 Å². The number of hydrogen-bond acceptors (Lipinski definition) is 5. The fourth-order valence-electron chi connectivity index (χ4n) is 3.02. The number of nitrogens with zero attached hydrogens (tertiary/aromatic N) is 2. The first kappa shape index (κ1) is 16.9. The number of piperidine rings is 1. The van der Waals surface area contributed by atoms with E-state index in [0.29, 0.717) is 38.1 Å². The number of aromatic nitrogens is 1. The molecule has 24 heavy (non-hydrogen) atoms. The highest BCUT2D eigenvalue weighted by Gasteiger charge is 2.33. The maximum Gasteiger partial charge on any atom is 0.309 e. The number of hydrogen-bond donors (Lipinski definition) is 0. The summed E-state index contributed by atoms with van der Waals surface area (Å²) in [5, 5.41) is 0.792. The Balaban J connectivity index is 1.83. The lowest BCUT2D eigenvalue weighted by molar-refractivity contribution is -0.149. The molecule has 0 aliphatic carbocycles. The van der Waals surface area contributed by atoms with Gasteiger partial charge in [0, 0.05) is 24.7 Å². The second-order valence-electron chi connectivity index (χ2n) is 5.76. The minimum Gasteiger partial charge on any atom is -0.466 e. The average Bonchev–Trinajstić information content (AvgIpc) is 2.61. The quantitative estimate of drug-likeness (QED) is 0.792. The molecule has 0 bridgehead atoms. The Morgan fingerprint density at radius 2 is 1.96 bits per heavy atom. The highest BCUT2D eigenvalue weighted by atomic mass is 32.2. The summed E-state index contributed by atoms with van der Waals surface area (Å²) in [5.41, 5.74) is 0.479. The van der Waals surface area contributed by atoms with E-state index in [1.54, 1.807) is 31.3 Å². The summed E-state index contributed by atoms with van der Waals surface area (Å²) in [5.74, 6) is -0.455. The lowest BCUT2D eigenvalue weighted by atomic mass is 9.98. The van der Waals surface area contributed by atoms with E-state index in [1.807, 2.05) is 12.1 Å². The van der Waals surface area contributed by atoms with E-state index in [2.05, 4.69) is 4.98 Å². The van der Waals surface area contributed by atoms with Crippen molar-refractivity contribution in [2.24, 2.45) is 5.92 Å². The highest BCUT2D eigenvalue weighted by Crippen LogP contribution is 2.28. The second-order valence-corrected chi connectivity index (χ2v) is 7.67. The van der Waals surface area contributed by atoms with Gasteiger partial charge in [-0.05, 0) is 31.9 Å². The number of benzene rings is 1. The molecule has 0 unspecified atom stereocenters. The molecule has 2 aromatic rings. The third kappa shape index (κ3) is 3.14. The largest absolute Gasteiger partial charge is 0.466 e. The summed E-state index contributed by atoms with van der Waals surface area (Å²) in [6, 6.07) is 8.77. The number of carbonyl (C=O) groups excluding carboxylic acids is 1. The number of sulfonamides is 1. The maximum atomic E-state index is 13.0. The number of esters is 1. The Morgan fingerprint density at radius 3 is 2.67 bits per heavy atom. The molecular formula is C17H20N2O4S. The second kappa shape index (κ2) is 6.86. The number of para-hydroxylation sites is 1. The molecule has 2 heterocycles. The van der Waals surface area contributed by atoms with Crippen LogP contribution < -0.4 is 0 Å². The van der Waals surface area contributed by atoms with Gasteiger partial charge in [0.15, 0.2) is 0 Å². The molecule has 1 aromatic heterocycles. The molecule has 1 saturated heterocycles. The van der Waals surface area contributed by atoms with Crippen LogP contribution in [0.25, 0.3) is 10.9 Å². The minimum atomic E-state index is -3.63. The van der Waals surface area contributed by atoms with Crippen LogP contribution in [0.4, 0.5) is 0 Å². The van der Waals surface area contributed by atoms with E-state index in [1.165, 1.54) is 4.31 Å². The van der Waals surface area contributed by atoms with Crippen molar-refractivity contribution in [2.75, 3.05) is 19.7 Å². The molecule has 128 valence electrons. The van der Waals surface area contributed by atoms with Gasteiger partial charge in [-0.1, -0.05) is 18.2 Å². The van der Waals surface area contributed by atoms with Gasteiger partial charge in [0.2, 0.25) is 10.0 Å². The van der Waals surface area contributed by atoms with Gasteiger partial charge in [-0.3, -0.25) is 9.78 Å². The SMILES string of the molecule is CCOC(=O)C1CCN(S(=O)(=O)c2cccc3cccnc23)CC1. The van der Waals surface area contributed by atoms with Crippen molar-refractivity contribution in [1.29, 1.82) is 0 Å². The Labute approximate surface area is 141 Å². The molecule has 1 aliphatic heterocycles. The number of fused-ring (bicyclic) bond motifs is 1. The fourth-order valence-corrected chi connectivity index (χ4v) is 4.65. The van der Waals surface area contributed by atoms with Crippen LogP contribution in [0.15, 0.2) is 41.4 Å². The van der Waals surface area contributed by atoms with E-state index in [0.717, 1.165) is 5.39 Å². The van der Waals surface area contributed by atoms with E-state index in [4.69, 9.17) is 4.74 Å². The van der Waals surface area contributed by atoms with Gasteiger partial charge in [-0.2, -0.15) is 4.31 Å². The first-order valence-corrected chi connectivity index (χ1v) is 9.48. The summed E-state index contributed by atoms with van der Waals surface area (Å²) in [7, 11) is -3.63. The first-order valence-electron chi connectivity index (χ1n) is 8.04. The van der Waals surface area contributed by atoms with Crippen LogP contribution in [0.5, 0.6) is 0 Å². The van der Waals surface area contributed by atoms with Crippen molar-refractivity contribution < 1.29 is 17.9 Å². The van der Waals surface area contributed by atoms with Crippen molar-refractivity contribution >= 4 is 26.9 Å². The molecule has 1 aromatic carbocycles. The minimum absolute atomic E-state index is 0.218. The predicted octanol–water partition coefficient (Wildman–Crippen LogP) is 2.20. The van der Waals surface area contributed by atoms with Crippen LogP contribution in [0, 0.1) is 5.92 Å². The van der Waals surface area contributed by atoms with Crippen LogP contribution in [0.3, 0.4) is 0 Å². The summed E-state index contributed by atoms with van der Waals surface area (Å²) in [6.45, 7) is 2.74. The Bertz CT molecular complexity index is 837. The topological polar surface area (TPSA) is 76.6 Å². The number of carbonyl (C=O) groups is 1. The highest BCUT2D eigenvalue weighted by molar-refractivity contribution is 7.89. The summed E-state index contributed by atoms with van der Waals surface area (Å²) in [6.07, 6.45) is 2.56. The molecule has 0 atom stereocenters. The normalized spacial score (nSPS) is 17.0. The maximum absolute atomic E-state index is 13.0. The Morgan fingerprint density at radius 1 is 1.25 bits per heavy atom. The molecule has 0 amide bonds. The number of rotatable bonds is 4. The lowest BCUT2D eigenvalue weighted by Crippen LogP contribution is -2.40. The monoisotopic (exact) mass is 348 g/mol. The molecule has 6 nitrogen and oxygen atoms in total. The van der Waals surface area contributed by atoms with E-state index >= 15 is 0 Å². The van der Waals surface area contributed by atoms with E-state index in [-0.39, 0.29) is 16.8 Å². The van der Waals surface area contributed by atoms with Gasteiger partial charge in [0.25, 0.3) is 0 Å². The van der Waals surface area contributed by atoms with Gasteiger partial charge >= 0.3 is 5.97 Å². The van der Waals surface area contributed by atoms with Crippen molar-refractivity contribution in [2.45, 2.75) is 24.7 Å². The molecule has 0 saturated carbocycles. The van der Waals surface area contributed by atoms with Gasteiger partial charge < -0.3 is 4.74 Å². The predicted molar refractivity (Wildman–Crippen MR) is 89.9 cm³/mol. The molecule has 0 spiro atoms. The Hall–Kier alpha value is -1.99. The van der Waals surface area contributed by atoms with Crippen molar-refractivity contribution in [3.8, 4) is 0 Å². The van der Waals surface area contributed by atoms with Gasteiger partial charge in [0.05, 0.1) is 18.0 Å². The van der Waals surface area contributed by atoms with Gasteiger partial charge in [-0.25, -0.2) is 8.42 Å². The Kier molecular flexibility index (Phi) is 4.82. The summed E-state index contributed by atoms with van der Waals surface area (Å²) >= 11 is 0. The van der Waals surface area contributed by atoms with Crippen LogP contribution in [0.2, 0.25) is 0 Å². The smallest absolute Gasteiger partial charge is 0.309 e. The van der Waals surface area contributed by atoms with E-state index in [9.17, 15) is 13.2 Å². The molecule has 3 rings (SSSR count). The number of pyridine rings is 1. The van der Waals surface area contributed by atoms with Crippen LogP contribution in [-0.2, 0) is 19.6 Å². The zero-order chi connectivity index (χ0) is 17.2. The third-order valence-corrected chi connectivity index (χ3v) is 6.22. The van der Waals surface area contributed by atoms with Crippen molar-refractivity contribution in [3.63, 3.8) is 0 Å². The van der Waals surface area contributed by atoms with Gasteiger partial charge in [-0.15, -0.1) is 0 Å². The third-order valence-electron chi connectivity index (χ3n) is 4.29. The number of ether oxygens (including phenoxy) is 1. The standard InChI is InChI=1S/C17H20N2O4S/c1-2-23-17(20)14-8-11-19(12-9-14)24(21,22)15-7-3-5-13-6-4-10-18-16(13)15/h3-7,10,14H,2,8-9,11-12H2,1H3.